The fraction of sp³-hybridized carbons (Fsp3) is 0.0833. The van der Waals surface area contributed by atoms with Gasteiger partial charge in [0.25, 0.3) is 0 Å². The van der Waals surface area contributed by atoms with Gasteiger partial charge in [-0.2, -0.15) is 0 Å². The average Bonchev–Trinajstić information content (AvgIpc) is 2.64. The first-order chi connectivity index (χ1) is 12.1. The molecular formula is C24H24N2. The van der Waals surface area contributed by atoms with E-state index in [1.54, 1.807) is 0 Å². The Morgan fingerprint density at radius 2 is 1.27 bits per heavy atom. The summed E-state index contributed by atoms with van der Waals surface area (Å²) in [6.07, 6.45) is 0. The van der Waals surface area contributed by atoms with Crippen molar-refractivity contribution >= 4 is 16.5 Å². The highest BCUT2D eigenvalue weighted by Gasteiger charge is 2.13. The molecule has 0 aliphatic carbocycles. The van der Waals surface area contributed by atoms with Crippen molar-refractivity contribution < 1.29 is 0 Å². The van der Waals surface area contributed by atoms with Gasteiger partial charge >= 0.3 is 0 Å². The van der Waals surface area contributed by atoms with Gasteiger partial charge in [0.15, 0.2) is 0 Å². The molecule has 0 spiro atoms. The normalized spacial score (nSPS) is 10.5. The van der Waals surface area contributed by atoms with Crippen LogP contribution < -0.4 is 11.9 Å². The minimum absolute atomic E-state index is 0. The summed E-state index contributed by atoms with van der Waals surface area (Å²) < 4.78 is 0. The van der Waals surface area contributed by atoms with Gasteiger partial charge in [0.05, 0.1) is 0 Å². The van der Waals surface area contributed by atoms with Gasteiger partial charge in [0.2, 0.25) is 0 Å². The molecule has 0 amide bonds. The SMILES string of the molecule is Cc1cc(-c2c(N)ccc3ccccc23)c(C)cc1-c1ccccc1.N. The van der Waals surface area contributed by atoms with Crippen LogP contribution in [0, 0.1) is 13.8 Å². The molecule has 0 fully saturated rings. The molecule has 4 rings (SSSR count). The number of benzene rings is 4. The van der Waals surface area contributed by atoms with Gasteiger partial charge in [-0.1, -0.05) is 72.8 Å². The lowest BCUT2D eigenvalue weighted by atomic mass is 9.89. The van der Waals surface area contributed by atoms with Crippen LogP contribution in [0.15, 0.2) is 78.9 Å². The van der Waals surface area contributed by atoms with Crippen LogP contribution in [0.5, 0.6) is 0 Å². The fourth-order valence-corrected chi connectivity index (χ4v) is 3.60. The molecular weight excluding hydrogens is 316 g/mol. The van der Waals surface area contributed by atoms with E-state index in [0.29, 0.717) is 0 Å². The lowest BCUT2D eigenvalue weighted by molar-refractivity contribution is 1.39. The second kappa shape index (κ2) is 7.03. The molecule has 0 aliphatic heterocycles. The Bertz CT molecular complexity index is 1070. The zero-order chi connectivity index (χ0) is 17.4. The lowest BCUT2D eigenvalue weighted by Gasteiger charge is -2.16. The van der Waals surface area contributed by atoms with Gasteiger partial charge in [0.1, 0.15) is 0 Å². The van der Waals surface area contributed by atoms with E-state index >= 15 is 0 Å². The summed E-state index contributed by atoms with van der Waals surface area (Å²) in [5.41, 5.74) is 14.6. The fourth-order valence-electron chi connectivity index (χ4n) is 3.60. The molecule has 0 heterocycles. The van der Waals surface area contributed by atoms with E-state index in [0.717, 1.165) is 11.3 Å². The van der Waals surface area contributed by atoms with E-state index in [2.05, 4.69) is 86.6 Å². The summed E-state index contributed by atoms with van der Waals surface area (Å²) in [5.74, 6) is 0. The number of hydrogen-bond acceptors (Lipinski definition) is 2. The number of nitrogens with two attached hydrogens (primary N) is 1. The minimum atomic E-state index is 0. The molecule has 0 aromatic heterocycles. The smallest absolute Gasteiger partial charge is 0.0400 e. The number of anilines is 1. The summed E-state index contributed by atoms with van der Waals surface area (Å²) >= 11 is 0. The molecule has 2 nitrogen and oxygen atoms in total. The van der Waals surface area contributed by atoms with Crippen LogP contribution in [-0.4, -0.2) is 0 Å². The maximum atomic E-state index is 6.39. The molecule has 0 atom stereocenters. The Morgan fingerprint density at radius 1 is 0.654 bits per heavy atom. The van der Waals surface area contributed by atoms with E-state index in [1.165, 1.54) is 38.6 Å². The first-order valence-corrected chi connectivity index (χ1v) is 8.59. The van der Waals surface area contributed by atoms with E-state index in [1.807, 2.05) is 6.07 Å². The third-order valence-corrected chi connectivity index (χ3v) is 4.89. The highest BCUT2D eigenvalue weighted by atomic mass is 14.6. The Morgan fingerprint density at radius 3 is 2.04 bits per heavy atom. The van der Waals surface area contributed by atoms with Crippen molar-refractivity contribution in [3.63, 3.8) is 0 Å². The summed E-state index contributed by atoms with van der Waals surface area (Å²) in [7, 11) is 0. The molecule has 5 N–H and O–H groups in total. The van der Waals surface area contributed by atoms with Crippen LogP contribution in [0.3, 0.4) is 0 Å². The molecule has 0 aliphatic rings. The van der Waals surface area contributed by atoms with Crippen LogP contribution in [0.2, 0.25) is 0 Å². The number of rotatable bonds is 2. The van der Waals surface area contributed by atoms with Crippen LogP contribution in [0.1, 0.15) is 11.1 Å². The van der Waals surface area contributed by atoms with Gasteiger partial charge in [-0.3, -0.25) is 0 Å². The van der Waals surface area contributed by atoms with E-state index in [4.69, 9.17) is 5.73 Å². The van der Waals surface area contributed by atoms with Crippen LogP contribution in [0.25, 0.3) is 33.0 Å². The molecule has 2 heteroatoms. The van der Waals surface area contributed by atoms with Crippen molar-refractivity contribution in [1.82, 2.24) is 6.15 Å². The van der Waals surface area contributed by atoms with Gasteiger partial charge in [0, 0.05) is 11.3 Å². The van der Waals surface area contributed by atoms with Crippen LogP contribution >= 0.6 is 0 Å². The Hall–Kier alpha value is -3.10. The summed E-state index contributed by atoms with van der Waals surface area (Å²) in [4.78, 5) is 0. The molecule has 0 saturated carbocycles. The van der Waals surface area contributed by atoms with Gasteiger partial charge in [-0.25, -0.2) is 0 Å². The predicted octanol–water partition coefficient (Wildman–Crippen LogP) is 6.53. The summed E-state index contributed by atoms with van der Waals surface area (Å²) in [6.45, 7) is 4.34. The predicted molar refractivity (Wildman–Crippen MR) is 114 cm³/mol. The van der Waals surface area contributed by atoms with Crippen LogP contribution in [0.4, 0.5) is 5.69 Å². The van der Waals surface area contributed by atoms with Crippen molar-refractivity contribution in [3.05, 3.63) is 90.0 Å². The largest absolute Gasteiger partial charge is 0.398 e. The molecule has 0 unspecified atom stereocenters. The maximum Gasteiger partial charge on any atom is 0.0400 e. The highest BCUT2D eigenvalue weighted by molar-refractivity contribution is 6.03. The zero-order valence-corrected chi connectivity index (χ0v) is 15.3. The van der Waals surface area contributed by atoms with Gasteiger partial charge < -0.3 is 11.9 Å². The second-order valence-electron chi connectivity index (χ2n) is 6.60. The topological polar surface area (TPSA) is 61.0 Å². The van der Waals surface area contributed by atoms with E-state index < -0.39 is 0 Å². The van der Waals surface area contributed by atoms with Gasteiger partial charge in [-0.15, -0.1) is 0 Å². The number of aryl methyl sites for hydroxylation is 2. The quantitative estimate of drug-likeness (QED) is 0.407. The highest BCUT2D eigenvalue weighted by Crippen LogP contribution is 2.38. The number of hydrogen-bond donors (Lipinski definition) is 2. The number of nitrogen functional groups attached to an aromatic ring is 1. The minimum Gasteiger partial charge on any atom is -0.398 e. The first kappa shape index (κ1) is 17.7. The van der Waals surface area contributed by atoms with Crippen LogP contribution in [-0.2, 0) is 0 Å². The maximum absolute atomic E-state index is 6.39. The van der Waals surface area contributed by atoms with Crippen molar-refractivity contribution in [3.8, 4) is 22.3 Å². The Kier molecular flexibility index (Phi) is 4.79. The van der Waals surface area contributed by atoms with Crippen molar-refractivity contribution in [1.29, 1.82) is 0 Å². The summed E-state index contributed by atoms with van der Waals surface area (Å²) in [6, 6.07) is 27.6. The van der Waals surface area contributed by atoms with Crippen molar-refractivity contribution in [2.75, 3.05) is 5.73 Å². The average molecular weight is 340 g/mol. The molecule has 4 aromatic carbocycles. The lowest BCUT2D eigenvalue weighted by Crippen LogP contribution is -1.95. The van der Waals surface area contributed by atoms with Crippen molar-refractivity contribution in [2.24, 2.45) is 0 Å². The molecule has 4 aromatic rings. The standard InChI is InChI=1S/C24H21N.H3N/c1-16-15-22(17(2)14-21(16)18-8-4-3-5-9-18)24-20-11-7-6-10-19(20)12-13-23(24)25;/h3-15H,25H2,1-2H3;1H3. The third kappa shape index (κ3) is 2.96. The number of fused-ring (bicyclic) bond motifs is 1. The Balaban J connectivity index is 0.00000196. The molecule has 130 valence electrons. The van der Waals surface area contributed by atoms with E-state index in [-0.39, 0.29) is 6.15 Å². The molecule has 26 heavy (non-hydrogen) atoms. The monoisotopic (exact) mass is 340 g/mol. The zero-order valence-electron chi connectivity index (χ0n) is 15.3. The van der Waals surface area contributed by atoms with Crippen molar-refractivity contribution in [2.45, 2.75) is 13.8 Å². The molecule has 0 bridgehead atoms. The molecule has 0 radical (unpaired) electrons. The third-order valence-electron chi connectivity index (χ3n) is 4.89. The summed E-state index contributed by atoms with van der Waals surface area (Å²) in [5, 5.41) is 2.42. The van der Waals surface area contributed by atoms with Gasteiger partial charge in [-0.05, 0) is 58.5 Å². The second-order valence-corrected chi connectivity index (χ2v) is 6.60. The first-order valence-electron chi connectivity index (χ1n) is 8.59. The molecule has 0 saturated heterocycles. The Labute approximate surface area is 154 Å². The van der Waals surface area contributed by atoms with E-state index in [9.17, 15) is 0 Å².